The molecule has 0 saturated heterocycles. The first-order valence-corrected chi connectivity index (χ1v) is 9.43. The molecule has 150 valence electrons. The highest BCUT2D eigenvalue weighted by Crippen LogP contribution is 2.26. The predicted molar refractivity (Wildman–Crippen MR) is 114 cm³/mol. The number of nitrogen functional groups attached to an aromatic ring is 2. The molecule has 0 amide bonds. The van der Waals surface area contributed by atoms with Crippen molar-refractivity contribution in [2.24, 2.45) is 0 Å². The van der Waals surface area contributed by atoms with Crippen LogP contribution in [0, 0.1) is 0 Å². The van der Waals surface area contributed by atoms with Gasteiger partial charge in [0.2, 0.25) is 0 Å². The molecule has 3 heterocycles. The maximum Gasteiger partial charge on any atom is 0.170 e. The van der Waals surface area contributed by atoms with Crippen LogP contribution in [0.25, 0.3) is 11.3 Å². The van der Waals surface area contributed by atoms with Crippen LogP contribution in [0.15, 0.2) is 65.0 Å². The number of anilines is 2. The lowest BCUT2D eigenvalue weighted by atomic mass is 10.1. The third-order valence-corrected chi connectivity index (χ3v) is 4.19. The highest BCUT2D eigenvalue weighted by molar-refractivity contribution is 5.71. The molecular formula is C22H25N5O2. The van der Waals surface area contributed by atoms with Crippen LogP contribution in [-0.4, -0.2) is 15.1 Å². The zero-order valence-corrected chi connectivity index (χ0v) is 16.6. The molecule has 0 bridgehead atoms. The zero-order chi connectivity index (χ0) is 20.6. The minimum absolute atomic E-state index is 0.313. The highest BCUT2D eigenvalue weighted by Gasteiger charge is 2.11. The van der Waals surface area contributed by atoms with Crippen LogP contribution in [0.2, 0.25) is 0 Å². The van der Waals surface area contributed by atoms with E-state index in [4.69, 9.17) is 20.7 Å². The zero-order valence-electron chi connectivity index (χ0n) is 16.6. The Bertz CT molecular complexity index is 1010. The summed E-state index contributed by atoms with van der Waals surface area (Å²) in [5.74, 6) is 2.09. The molecular weight excluding hydrogens is 366 g/mol. The molecule has 7 nitrogen and oxygen atoms in total. The van der Waals surface area contributed by atoms with Crippen LogP contribution in [0.3, 0.4) is 0 Å². The second-order valence-corrected chi connectivity index (χ2v) is 6.59. The fraction of sp³-hybridized carbons (Fsp3) is 0.227. The van der Waals surface area contributed by atoms with Gasteiger partial charge in [-0.3, -0.25) is 4.98 Å². The minimum atomic E-state index is 0.313. The van der Waals surface area contributed by atoms with Crippen LogP contribution in [-0.2, 0) is 17.8 Å². The van der Waals surface area contributed by atoms with Gasteiger partial charge in [0.1, 0.15) is 18.2 Å². The molecule has 3 rings (SSSR count). The number of rotatable bonds is 8. The van der Waals surface area contributed by atoms with Gasteiger partial charge in [-0.1, -0.05) is 30.3 Å². The van der Waals surface area contributed by atoms with Gasteiger partial charge in [0.05, 0.1) is 22.7 Å². The van der Waals surface area contributed by atoms with Gasteiger partial charge in [-0.15, -0.1) is 0 Å². The van der Waals surface area contributed by atoms with Crippen molar-refractivity contribution >= 4 is 11.6 Å². The maximum absolute atomic E-state index is 5.91. The molecule has 4 N–H and O–H groups in total. The van der Waals surface area contributed by atoms with E-state index in [0.717, 1.165) is 29.1 Å². The molecule has 0 radical (unpaired) electrons. The van der Waals surface area contributed by atoms with E-state index in [-0.39, 0.29) is 0 Å². The fourth-order valence-corrected chi connectivity index (χ4v) is 2.65. The maximum atomic E-state index is 5.91. The van der Waals surface area contributed by atoms with Gasteiger partial charge >= 0.3 is 0 Å². The molecule has 29 heavy (non-hydrogen) atoms. The number of aromatic nitrogens is 3. The third-order valence-electron chi connectivity index (χ3n) is 4.19. The Balaban J connectivity index is 1.60. The number of ether oxygens (including phenoxy) is 1. The van der Waals surface area contributed by atoms with Gasteiger partial charge in [-0.25, -0.2) is 4.98 Å². The van der Waals surface area contributed by atoms with Gasteiger partial charge in [-0.2, -0.15) is 0 Å². The average molecular weight is 391 g/mol. The van der Waals surface area contributed by atoms with E-state index in [1.165, 1.54) is 0 Å². The van der Waals surface area contributed by atoms with Gasteiger partial charge in [0, 0.05) is 18.7 Å². The van der Waals surface area contributed by atoms with Gasteiger partial charge in [-0.05, 0) is 43.2 Å². The lowest BCUT2D eigenvalue weighted by Gasteiger charge is -2.06. The second kappa shape index (κ2) is 9.54. The first-order chi connectivity index (χ1) is 14.0. The van der Waals surface area contributed by atoms with Crippen molar-refractivity contribution in [3.05, 3.63) is 77.5 Å². The summed E-state index contributed by atoms with van der Waals surface area (Å²) < 4.78 is 11.1. The summed E-state index contributed by atoms with van der Waals surface area (Å²) in [7, 11) is 0. The van der Waals surface area contributed by atoms with E-state index in [0.29, 0.717) is 36.0 Å². The lowest BCUT2D eigenvalue weighted by molar-refractivity contribution is 0.197. The number of hydrogen-bond donors (Lipinski definition) is 2. The van der Waals surface area contributed by atoms with E-state index in [2.05, 4.69) is 28.1 Å². The van der Waals surface area contributed by atoms with Crippen molar-refractivity contribution in [3.63, 3.8) is 0 Å². The van der Waals surface area contributed by atoms with Crippen LogP contribution >= 0.6 is 0 Å². The number of pyridine rings is 2. The topological polar surface area (TPSA) is 113 Å². The van der Waals surface area contributed by atoms with Crippen molar-refractivity contribution in [2.75, 3.05) is 11.5 Å². The Hall–Kier alpha value is -3.61. The molecule has 0 atom stereocenters. The Morgan fingerprint density at radius 2 is 2.03 bits per heavy atom. The minimum Gasteiger partial charge on any atom is -0.492 e. The molecule has 0 aromatic carbocycles. The SMILES string of the molecule is CC/C=C\C=C(/C)OCc1ccc(Cc2cc(-c3ccc(N)nc3N)on2)cn1. The Morgan fingerprint density at radius 1 is 1.17 bits per heavy atom. The molecule has 0 aliphatic rings. The van der Waals surface area contributed by atoms with E-state index in [1.54, 1.807) is 12.1 Å². The molecule has 3 aromatic heterocycles. The molecule has 3 aromatic rings. The van der Waals surface area contributed by atoms with Gasteiger partial charge in [0.25, 0.3) is 0 Å². The van der Waals surface area contributed by atoms with Crippen molar-refractivity contribution < 1.29 is 9.26 Å². The van der Waals surface area contributed by atoms with Gasteiger partial charge in [0.15, 0.2) is 5.76 Å². The summed E-state index contributed by atoms with van der Waals surface area (Å²) in [6.45, 7) is 4.45. The monoisotopic (exact) mass is 391 g/mol. The smallest absolute Gasteiger partial charge is 0.170 e. The first kappa shape index (κ1) is 20.1. The average Bonchev–Trinajstić information content (AvgIpc) is 3.16. The van der Waals surface area contributed by atoms with Crippen LogP contribution in [0.4, 0.5) is 11.6 Å². The van der Waals surface area contributed by atoms with Gasteiger partial charge < -0.3 is 20.7 Å². The second-order valence-electron chi connectivity index (χ2n) is 6.59. The fourth-order valence-electron chi connectivity index (χ4n) is 2.65. The number of nitrogens with zero attached hydrogens (tertiary/aromatic N) is 3. The van der Waals surface area contributed by atoms with Crippen molar-refractivity contribution in [1.29, 1.82) is 0 Å². The van der Waals surface area contributed by atoms with E-state index < -0.39 is 0 Å². The first-order valence-electron chi connectivity index (χ1n) is 9.43. The lowest BCUT2D eigenvalue weighted by Crippen LogP contribution is -1.97. The molecule has 0 fully saturated rings. The van der Waals surface area contributed by atoms with Crippen molar-refractivity contribution in [2.45, 2.75) is 33.3 Å². The molecule has 7 heteroatoms. The summed E-state index contributed by atoms with van der Waals surface area (Å²) in [4.78, 5) is 8.50. The number of hydrogen-bond acceptors (Lipinski definition) is 7. The number of nitrogens with two attached hydrogens (primary N) is 2. The molecule has 0 aliphatic carbocycles. The Labute approximate surface area is 170 Å². The van der Waals surface area contributed by atoms with Crippen molar-refractivity contribution in [3.8, 4) is 11.3 Å². The molecule has 0 spiro atoms. The van der Waals surface area contributed by atoms with E-state index in [9.17, 15) is 0 Å². The summed E-state index contributed by atoms with van der Waals surface area (Å²) in [6, 6.07) is 9.25. The highest BCUT2D eigenvalue weighted by atomic mass is 16.5. The molecule has 0 aliphatic heterocycles. The Morgan fingerprint density at radius 3 is 2.76 bits per heavy atom. The largest absolute Gasteiger partial charge is 0.492 e. The summed E-state index contributed by atoms with van der Waals surface area (Å²) in [5.41, 5.74) is 14.9. The summed E-state index contributed by atoms with van der Waals surface area (Å²) in [5, 5.41) is 4.11. The van der Waals surface area contributed by atoms with Crippen LogP contribution in [0.5, 0.6) is 0 Å². The Kier molecular flexibility index (Phi) is 6.63. The number of allylic oxidation sites excluding steroid dienone is 4. The molecule has 0 unspecified atom stereocenters. The van der Waals surface area contributed by atoms with E-state index in [1.807, 2.05) is 43.5 Å². The summed E-state index contributed by atoms with van der Waals surface area (Å²) >= 11 is 0. The van der Waals surface area contributed by atoms with Crippen LogP contribution in [0.1, 0.15) is 37.2 Å². The van der Waals surface area contributed by atoms with Crippen molar-refractivity contribution in [1.82, 2.24) is 15.1 Å². The van der Waals surface area contributed by atoms with Crippen LogP contribution < -0.4 is 11.5 Å². The normalized spacial score (nSPS) is 11.9. The third kappa shape index (κ3) is 5.68. The quantitative estimate of drug-likeness (QED) is 0.435. The summed E-state index contributed by atoms with van der Waals surface area (Å²) in [6.07, 6.45) is 9.44. The standard InChI is InChI=1S/C22H25N5O2/c1-3-4-5-6-15(2)28-14-17-8-7-16(13-25-17)11-18-12-20(29-27-18)19-9-10-21(23)26-22(19)24/h4-10,12-13H,3,11,14H2,1-2H3,(H4,23,24,26)/b5-4-,15-6+. The van der Waals surface area contributed by atoms with E-state index >= 15 is 0 Å². The predicted octanol–water partition coefficient (Wildman–Crippen LogP) is 4.27. The molecule has 0 saturated carbocycles.